The topological polar surface area (TPSA) is 9.23 Å². The summed E-state index contributed by atoms with van der Waals surface area (Å²) >= 11 is 0. The first kappa shape index (κ1) is 7.13. The third kappa shape index (κ3) is 0.783. The van der Waals surface area contributed by atoms with Crippen molar-refractivity contribution in [3.05, 3.63) is 29.8 Å². The summed E-state index contributed by atoms with van der Waals surface area (Å²) in [5.41, 5.74) is 1.33. The fourth-order valence-corrected chi connectivity index (χ4v) is 1.12. The zero-order valence-corrected chi connectivity index (χ0v) is 5.29. The Morgan fingerprint density at radius 2 is 2.00 bits per heavy atom. The van der Waals surface area contributed by atoms with Gasteiger partial charge in [-0.05, 0) is 13.0 Å². The highest BCUT2D eigenvalue weighted by molar-refractivity contribution is 5.41. The summed E-state index contributed by atoms with van der Waals surface area (Å²) in [5.74, 6) is 1.05. The van der Waals surface area contributed by atoms with Gasteiger partial charge in [-0.25, -0.2) is 0 Å². The van der Waals surface area contributed by atoms with Crippen molar-refractivity contribution in [3.8, 4) is 5.75 Å². The number of hydrogen-bond acceptors (Lipinski definition) is 1. The maximum atomic E-state index is 5.28. The van der Waals surface area contributed by atoms with Crippen LogP contribution in [0.3, 0.4) is 0 Å². The molecule has 1 aliphatic rings. The van der Waals surface area contributed by atoms with Gasteiger partial charge in [0.1, 0.15) is 11.9 Å². The van der Waals surface area contributed by atoms with Crippen LogP contribution in [0.1, 0.15) is 26.0 Å². The van der Waals surface area contributed by atoms with E-state index in [1.807, 2.05) is 18.2 Å². The molecule has 1 nitrogen and oxygen atoms in total. The van der Waals surface area contributed by atoms with E-state index in [0.717, 1.165) is 5.75 Å². The van der Waals surface area contributed by atoms with Gasteiger partial charge in [0.25, 0.3) is 0 Å². The Kier molecular flexibility index (Phi) is 1.66. The summed E-state index contributed by atoms with van der Waals surface area (Å²) in [6.07, 6.45) is 0.321. The zero-order valence-electron chi connectivity index (χ0n) is 5.29. The van der Waals surface area contributed by atoms with E-state index in [9.17, 15) is 0 Å². The molecule has 1 aromatic rings. The zero-order chi connectivity index (χ0) is 6.27. The van der Waals surface area contributed by atoms with Crippen LogP contribution in [0.5, 0.6) is 5.75 Å². The molecule has 0 saturated heterocycles. The maximum absolute atomic E-state index is 5.28. The lowest BCUT2D eigenvalue weighted by molar-refractivity contribution is 0.166. The third-order valence-corrected chi connectivity index (χ3v) is 1.66. The standard InChI is InChI=1S/C8H8O.CH4/c1-6-7-4-2-3-5-8(7)9-6;/h2-6H,1H3;1H4. The van der Waals surface area contributed by atoms with Crippen molar-refractivity contribution >= 4 is 0 Å². The van der Waals surface area contributed by atoms with Crippen LogP contribution < -0.4 is 4.74 Å². The van der Waals surface area contributed by atoms with Crippen LogP contribution in [0.25, 0.3) is 0 Å². The summed E-state index contributed by atoms with van der Waals surface area (Å²) in [6, 6.07) is 8.13. The predicted molar refractivity (Wildman–Crippen MR) is 42.2 cm³/mol. The summed E-state index contributed by atoms with van der Waals surface area (Å²) in [6.45, 7) is 2.06. The predicted octanol–water partition coefficient (Wildman–Crippen LogP) is 2.78. The summed E-state index contributed by atoms with van der Waals surface area (Å²) in [7, 11) is 0. The van der Waals surface area contributed by atoms with Crippen molar-refractivity contribution in [1.82, 2.24) is 0 Å². The Hall–Kier alpha value is -0.980. The Bertz CT molecular complexity index is 230. The van der Waals surface area contributed by atoms with Gasteiger partial charge in [-0.2, -0.15) is 0 Å². The average molecular weight is 136 g/mol. The van der Waals surface area contributed by atoms with Gasteiger partial charge in [-0.1, -0.05) is 25.6 Å². The number of hydrogen-bond donors (Lipinski definition) is 0. The van der Waals surface area contributed by atoms with Gasteiger partial charge in [-0.3, -0.25) is 0 Å². The molecule has 0 N–H and O–H groups in total. The summed E-state index contributed by atoms with van der Waals surface area (Å²) < 4.78 is 5.28. The van der Waals surface area contributed by atoms with Crippen LogP contribution >= 0.6 is 0 Å². The fraction of sp³-hybridized carbons (Fsp3) is 0.333. The summed E-state index contributed by atoms with van der Waals surface area (Å²) in [5, 5.41) is 0. The van der Waals surface area contributed by atoms with Gasteiger partial charge in [0.05, 0.1) is 0 Å². The van der Waals surface area contributed by atoms with E-state index in [4.69, 9.17) is 4.74 Å². The molecule has 2 rings (SSSR count). The molecule has 0 fully saturated rings. The minimum Gasteiger partial charge on any atom is -0.485 e. The van der Waals surface area contributed by atoms with Crippen LogP contribution in [0.4, 0.5) is 0 Å². The number of benzene rings is 1. The minimum absolute atomic E-state index is 0. The normalized spacial score (nSPS) is 19.5. The molecular weight excluding hydrogens is 124 g/mol. The van der Waals surface area contributed by atoms with Crippen LogP contribution in [-0.2, 0) is 0 Å². The van der Waals surface area contributed by atoms with Crippen molar-refractivity contribution in [1.29, 1.82) is 0 Å². The van der Waals surface area contributed by atoms with Gasteiger partial charge in [-0.15, -0.1) is 0 Å². The van der Waals surface area contributed by atoms with Gasteiger partial charge in [0.2, 0.25) is 0 Å². The molecule has 1 unspecified atom stereocenters. The van der Waals surface area contributed by atoms with Gasteiger partial charge in [0, 0.05) is 5.56 Å². The van der Waals surface area contributed by atoms with Crippen molar-refractivity contribution in [2.75, 3.05) is 0 Å². The second kappa shape index (κ2) is 2.33. The van der Waals surface area contributed by atoms with Gasteiger partial charge < -0.3 is 4.74 Å². The molecule has 1 atom stereocenters. The Morgan fingerprint density at radius 1 is 1.30 bits per heavy atom. The first-order chi connectivity index (χ1) is 4.38. The molecule has 1 heteroatoms. The lowest BCUT2D eigenvalue weighted by atomic mass is 10.1. The number of rotatable bonds is 0. The van der Waals surface area contributed by atoms with Crippen LogP contribution in [0.2, 0.25) is 0 Å². The third-order valence-electron chi connectivity index (χ3n) is 1.66. The summed E-state index contributed by atoms with van der Waals surface area (Å²) in [4.78, 5) is 0. The highest BCUT2D eigenvalue weighted by Crippen LogP contribution is 2.37. The van der Waals surface area contributed by atoms with Crippen LogP contribution in [0.15, 0.2) is 24.3 Å². The van der Waals surface area contributed by atoms with Crippen molar-refractivity contribution in [3.63, 3.8) is 0 Å². The fourth-order valence-electron chi connectivity index (χ4n) is 1.12. The lowest BCUT2D eigenvalue weighted by Crippen LogP contribution is -2.14. The Labute approximate surface area is 61.6 Å². The number of ether oxygens (including phenoxy) is 1. The minimum atomic E-state index is 0. The molecule has 1 aromatic carbocycles. The molecule has 0 aromatic heterocycles. The monoisotopic (exact) mass is 136 g/mol. The SMILES string of the molecule is C.CC1Oc2ccccc21. The molecule has 0 spiro atoms. The molecule has 10 heavy (non-hydrogen) atoms. The van der Waals surface area contributed by atoms with Gasteiger partial charge in [0.15, 0.2) is 0 Å². The number of fused-ring (bicyclic) bond motifs is 1. The average Bonchev–Trinajstić information content (AvgIpc) is 1.86. The van der Waals surface area contributed by atoms with E-state index in [1.54, 1.807) is 0 Å². The second-order valence-corrected chi connectivity index (χ2v) is 2.30. The first-order valence-electron chi connectivity index (χ1n) is 3.13. The molecule has 1 heterocycles. The second-order valence-electron chi connectivity index (χ2n) is 2.30. The van der Waals surface area contributed by atoms with E-state index in [1.165, 1.54) is 5.56 Å². The van der Waals surface area contributed by atoms with E-state index in [0.29, 0.717) is 6.10 Å². The van der Waals surface area contributed by atoms with Crippen LogP contribution in [-0.4, -0.2) is 0 Å². The molecule has 0 saturated carbocycles. The van der Waals surface area contributed by atoms with Crippen molar-refractivity contribution < 1.29 is 4.74 Å². The molecule has 0 bridgehead atoms. The largest absolute Gasteiger partial charge is 0.485 e. The lowest BCUT2D eigenvalue weighted by Gasteiger charge is -2.27. The quantitative estimate of drug-likeness (QED) is 0.533. The first-order valence-corrected chi connectivity index (χ1v) is 3.13. The molecule has 0 amide bonds. The van der Waals surface area contributed by atoms with E-state index in [-0.39, 0.29) is 7.43 Å². The van der Waals surface area contributed by atoms with E-state index in [2.05, 4.69) is 13.0 Å². The van der Waals surface area contributed by atoms with Gasteiger partial charge >= 0.3 is 0 Å². The molecule has 54 valence electrons. The van der Waals surface area contributed by atoms with Crippen molar-refractivity contribution in [2.24, 2.45) is 0 Å². The molecule has 0 aliphatic carbocycles. The Morgan fingerprint density at radius 3 is 2.50 bits per heavy atom. The smallest absolute Gasteiger partial charge is 0.127 e. The Balaban J connectivity index is 0.000000500. The van der Waals surface area contributed by atoms with E-state index >= 15 is 0 Å². The van der Waals surface area contributed by atoms with Crippen LogP contribution in [0, 0.1) is 0 Å². The van der Waals surface area contributed by atoms with Crippen molar-refractivity contribution in [2.45, 2.75) is 20.5 Å². The molecule has 0 radical (unpaired) electrons. The number of para-hydroxylation sites is 1. The molecule has 1 aliphatic heterocycles. The maximum Gasteiger partial charge on any atom is 0.127 e. The highest BCUT2D eigenvalue weighted by Gasteiger charge is 2.21. The molecular formula is C9H12O. The van der Waals surface area contributed by atoms with E-state index < -0.39 is 0 Å². The highest BCUT2D eigenvalue weighted by atomic mass is 16.5.